The second kappa shape index (κ2) is 6.24. The predicted octanol–water partition coefficient (Wildman–Crippen LogP) is 2.64. The fourth-order valence-electron chi connectivity index (χ4n) is 2.08. The number of hydrogen-bond donors (Lipinski definition) is 0. The molecule has 1 rings (SSSR count). The molecule has 0 spiro atoms. The molecule has 0 bridgehead atoms. The van der Waals surface area contributed by atoms with E-state index in [1.54, 1.807) is 0 Å². The number of esters is 1. The van der Waals surface area contributed by atoms with Crippen molar-refractivity contribution < 1.29 is 14.3 Å². The van der Waals surface area contributed by atoms with Crippen LogP contribution in [-0.2, 0) is 14.3 Å². The zero-order chi connectivity index (χ0) is 12.1. The van der Waals surface area contributed by atoms with Crippen LogP contribution in [0.25, 0.3) is 0 Å². The van der Waals surface area contributed by atoms with E-state index in [9.17, 15) is 4.79 Å². The summed E-state index contributed by atoms with van der Waals surface area (Å²) in [4.78, 5) is 11.6. The minimum atomic E-state index is -0.0777. The molecule has 0 N–H and O–H groups in total. The summed E-state index contributed by atoms with van der Waals surface area (Å²) in [5.74, 6) is 1.21. The number of ether oxygens (including phenoxy) is 2. The van der Waals surface area contributed by atoms with Gasteiger partial charge in [-0.25, -0.2) is 0 Å². The fraction of sp³-hybridized carbons (Fsp3) is 0.923. The van der Waals surface area contributed by atoms with E-state index < -0.39 is 0 Å². The van der Waals surface area contributed by atoms with Gasteiger partial charge in [0, 0.05) is 0 Å². The molecule has 1 aliphatic rings. The quantitative estimate of drug-likeness (QED) is 0.496. The number of carbonyl (C=O) groups excluding carboxylic acids is 1. The summed E-state index contributed by atoms with van der Waals surface area (Å²) in [6.45, 7) is 9.75. The van der Waals surface area contributed by atoms with Crippen molar-refractivity contribution in [3.05, 3.63) is 0 Å². The first kappa shape index (κ1) is 13.5. The number of hydrogen-bond acceptors (Lipinski definition) is 3. The average molecular weight is 228 g/mol. The van der Waals surface area contributed by atoms with Gasteiger partial charge in [-0.15, -0.1) is 0 Å². The van der Waals surface area contributed by atoms with Crippen molar-refractivity contribution in [2.75, 3.05) is 13.2 Å². The molecule has 0 aliphatic carbocycles. The van der Waals surface area contributed by atoms with E-state index >= 15 is 0 Å². The Balaban J connectivity index is 2.15. The van der Waals surface area contributed by atoms with Gasteiger partial charge in [-0.05, 0) is 24.7 Å². The van der Waals surface area contributed by atoms with Gasteiger partial charge in [-0.2, -0.15) is 0 Å². The molecule has 0 aromatic carbocycles. The normalized spacial score (nSPS) is 22.9. The Kier molecular flexibility index (Phi) is 5.26. The Morgan fingerprint density at radius 3 is 2.44 bits per heavy atom. The maximum absolute atomic E-state index is 11.6. The van der Waals surface area contributed by atoms with Gasteiger partial charge in [0.25, 0.3) is 0 Å². The molecule has 0 radical (unpaired) electrons. The van der Waals surface area contributed by atoms with E-state index in [0.29, 0.717) is 18.4 Å². The summed E-state index contributed by atoms with van der Waals surface area (Å²) in [5.41, 5.74) is 0. The molecule has 3 heteroatoms. The van der Waals surface area contributed by atoms with Crippen LogP contribution in [0.15, 0.2) is 0 Å². The topological polar surface area (TPSA) is 38.8 Å². The monoisotopic (exact) mass is 228 g/mol. The van der Waals surface area contributed by atoms with Crippen molar-refractivity contribution >= 4 is 5.97 Å². The third-order valence-electron chi connectivity index (χ3n) is 2.85. The molecular weight excluding hydrogens is 204 g/mol. The van der Waals surface area contributed by atoms with Gasteiger partial charge in [0.2, 0.25) is 0 Å². The molecule has 0 aromatic heterocycles. The van der Waals surface area contributed by atoms with Gasteiger partial charge in [0.05, 0.1) is 12.5 Å². The summed E-state index contributed by atoms with van der Waals surface area (Å²) in [7, 11) is 0. The highest BCUT2D eigenvalue weighted by molar-refractivity contribution is 5.71. The Labute approximate surface area is 98.5 Å². The minimum absolute atomic E-state index is 0.00694. The minimum Gasteiger partial charge on any atom is -0.463 e. The first-order chi connectivity index (χ1) is 7.49. The highest BCUT2D eigenvalue weighted by atomic mass is 16.6. The van der Waals surface area contributed by atoms with E-state index in [1.807, 2.05) is 6.92 Å². The van der Waals surface area contributed by atoms with Crippen molar-refractivity contribution in [2.24, 2.45) is 17.8 Å². The first-order valence-electron chi connectivity index (χ1n) is 6.27. The molecule has 0 aromatic rings. The molecule has 16 heavy (non-hydrogen) atoms. The lowest BCUT2D eigenvalue weighted by Gasteiger charge is -2.17. The summed E-state index contributed by atoms with van der Waals surface area (Å²) in [5, 5.41) is 0. The van der Waals surface area contributed by atoms with Crippen LogP contribution >= 0.6 is 0 Å². The largest absolute Gasteiger partial charge is 0.463 e. The van der Waals surface area contributed by atoms with Gasteiger partial charge < -0.3 is 9.47 Å². The number of epoxide rings is 1. The highest BCUT2D eigenvalue weighted by Crippen LogP contribution is 2.20. The van der Waals surface area contributed by atoms with E-state index in [1.165, 1.54) is 6.42 Å². The van der Waals surface area contributed by atoms with Crippen molar-refractivity contribution in [3.63, 3.8) is 0 Å². The Morgan fingerprint density at radius 1 is 1.31 bits per heavy atom. The van der Waals surface area contributed by atoms with Gasteiger partial charge in [-0.3, -0.25) is 4.79 Å². The predicted molar refractivity (Wildman–Crippen MR) is 63.1 cm³/mol. The third kappa shape index (κ3) is 5.50. The third-order valence-corrected chi connectivity index (χ3v) is 2.85. The molecule has 0 saturated carbocycles. The summed E-state index contributed by atoms with van der Waals surface area (Å²) in [6, 6.07) is 0. The first-order valence-corrected chi connectivity index (χ1v) is 6.27. The molecule has 1 aliphatic heterocycles. The second-order valence-electron chi connectivity index (χ2n) is 5.46. The maximum atomic E-state index is 11.6. The van der Waals surface area contributed by atoms with Crippen LogP contribution in [0, 0.1) is 17.8 Å². The van der Waals surface area contributed by atoms with Gasteiger partial charge >= 0.3 is 5.97 Å². The van der Waals surface area contributed by atoms with Crippen LogP contribution in [0.4, 0.5) is 0 Å². The number of rotatable bonds is 7. The van der Waals surface area contributed by atoms with Crippen molar-refractivity contribution in [1.82, 2.24) is 0 Å². The van der Waals surface area contributed by atoms with Gasteiger partial charge in [0.1, 0.15) is 12.7 Å². The van der Waals surface area contributed by atoms with Crippen LogP contribution in [0.5, 0.6) is 0 Å². The molecule has 1 fully saturated rings. The molecular formula is C13H24O3. The van der Waals surface area contributed by atoms with Crippen molar-refractivity contribution in [1.29, 1.82) is 0 Å². The van der Waals surface area contributed by atoms with Crippen molar-refractivity contribution in [3.8, 4) is 0 Å². The van der Waals surface area contributed by atoms with Crippen LogP contribution in [-0.4, -0.2) is 25.3 Å². The van der Waals surface area contributed by atoms with Crippen LogP contribution in [0.2, 0.25) is 0 Å². The SMILES string of the molecule is CC(C)CC(C)CC(C)C(=O)OCC1CO1. The smallest absolute Gasteiger partial charge is 0.308 e. The van der Waals surface area contributed by atoms with Gasteiger partial charge in [-0.1, -0.05) is 27.7 Å². The number of carbonyl (C=O) groups is 1. The van der Waals surface area contributed by atoms with Crippen molar-refractivity contribution in [2.45, 2.75) is 46.6 Å². The standard InChI is InChI=1S/C13H24O3/c1-9(2)5-10(3)6-11(4)13(14)16-8-12-7-15-12/h9-12H,5-8H2,1-4H3. The lowest BCUT2D eigenvalue weighted by atomic mass is 9.90. The fourth-order valence-corrected chi connectivity index (χ4v) is 2.08. The summed E-state index contributed by atoms with van der Waals surface area (Å²) in [6.07, 6.45) is 2.26. The zero-order valence-electron chi connectivity index (χ0n) is 10.9. The summed E-state index contributed by atoms with van der Waals surface area (Å²) < 4.78 is 10.2. The molecule has 3 atom stereocenters. The molecule has 3 nitrogen and oxygen atoms in total. The summed E-state index contributed by atoms with van der Waals surface area (Å²) >= 11 is 0. The molecule has 1 heterocycles. The lowest BCUT2D eigenvalue weighted by molar-refractivity contribution is -0.149. The molecule has 94 valence electrons. The zero-order valence-corrected chi connectivity index (χ0v) is 10.9. The lowest BCUT2D eigenvalue weighted by Crippen LogP contribution is -2.20. The maximum Gasteiger partial charge on any atom is 0.308 e. The van der Waals surface area contributed by atoms with E-state index in [2.05, 4.69) is 20.8 Å². The Bertz CT molecular complexity index is 221. The molecule has 1 saturated heterocycles. The highest BCUT2D eigenvalue weighted by Gasteiger charge is 2.26. The molecule has 0 amide bonds. The van der Waals surface area contributed by atoms with Crippen LogP contribution in [0.1, 0.15) is 40.5 Å². The van der Waals surface area contributed by atoms with E-state index in [-0.39, 0.29) is 18.0 Å². The van der Waals surface area contributed by atoms with E-state index in [4.69, 9.17) is 9.47 Å². The Hall–Kier alpha value is -0.570. The van der Waals surface area contributed by atoms with Crippen LogP contribution < -0.4 is 0 Å². The Morgan fingerprint density at radius 2 is 1.94 bits per heavy atom. The van der Waals surface area contributed by atoms with Gasteiger partial charge in [0.15, 0.2) is 0 Å². The average Bonchev–Trinajstić information content (AvgIpc) is 2.95. The van der Waals surface area contributed by atoms with E-state index in [0.717, 1.165) is 13.0 Å². The van der Waals surface area contributed by atoms with Crippen LogP contribution in [0.3, 0.4) is 0 Å². The second-order valence-corrected chi connectivity index (χ2v) is 5.46. The molecule has 3 unspecified atom stereocenters.